The summed E-state index contributed by atoms with van der Waals surface area (Å²) in [5, 5.41) is 9.07. The minimum absolute atomic E-state index is 0.0431. The second-order valence-corrected chi connectivity index (χ2v) is 8.74. The van der Waals surface area contributed by atoms with Crippen molar-refractivity contribution in [2.75, 3.05) is 53.4 Å². The summed E-state index contributed by atoms with van der Waals surface area (Å²) < 4.78 is 34.5. The smallest absolute Gasteiger partial charge is 0.306 e. The van der Waals surface area contributed by atoms with Gasteiger partial charge in [0, 0.05) is 39.3 Å². The third-order valence-corrected chi connectivity index (χ3v) is 6.69. The van der Waals surface area contributed by atoms with Crippen LogP contribution in [0.5, 0.6) is 0 Å². The molecule has 2 aliphatic rings. The monoisotopic (exact) mass is 363 g/mol. The predicted molar refractivity (Wildman–Crippen MR) is 90.0 cm³/mol. The summed E-state index contributed by atoms with van der Waals surface area (Å²) in [5.74, 6) is -1.28. The lowest BCUT2D eigenvalue weighted by Crippen LogP contribution is -2.51. The van der Waals surface area contributed by atoms with Crippen molar-refractivity contribution in [1.29, 1.82) is 0 Å². The Morgan fingerprint density at radius 1 is 1.21 bits per heavy atom. The van der Waals surface area contributed by atoms with Crippen LogP contribution in [-0.2, 0) is 19.7 Å². The molecule has 0 amide bonds. The van der Waals surface area contributed by atoms with Crippen LogP contribution >= 0.6 is 0 Å². The van der Waals surface area contributed by atoms with Gasteiger partial charge in [-0.05, 0) is 39.8 Å². The first-order valence-corrected chi connectivity index (χ1v) is 9.94. The van der Waals surface area contributed by atoms with Crippen LogP contribution in [0.4, 0.5) is 0 Å². The highest BCUT2D eigenvalue weighted by atomic mass is 32.2. The highest BCUT2D eigenvalue weighted by Crippen LogP contribution is 2.23. The van der Waals surface area contributed by atoms with Crippen molar-refractivity contribution in [2.45, 2.75) is 31.8 Å². The third kappa shape index (κ3) is 5.13. The van der Waals surface area contributed by atoms with Gasteiger partial charge in [0.15, 0.2) is 0 Å². The third-order valence-electron chi connectivity index (χ3n) is 4.68. The normalized spacial score (nSPS) is 24.1. The summed E-state index contributed by atoms with van der Waals surface area (Å²) in [6.07, 6.45) is 2.55. The van der Waals surface area contributed by atoms with Gasteiger partial charge >= 0.3 is 5.97 Å². The van der Waals surface area contributed by atoms with E-state index in [1.54, 1.807) is 0 Å². The molecule has 0 aliphatic carbocycles. The number of carboxylic acids is 1. The first-order chi connectivity index (χ1) is 11.3. The van der Waals surface area contributed by atoms with Crippen LogP contribution in [0, 0.1) is 5.92 Å². The zero-order chi connectivity index (χ0) is 17.7. The van der Waals surface area contributed by atoms with Crippen molar-refractivity contribution in [3.8, 4) is 0 Å². The van der Waals surface area contributed by atoms with Gasteiger partial charge in [-0.2, -0.15) is 17.0 Å². The molecule has 1 N–H and O–H groups in total. The van der Waals surface area contributed by atoms with Gasteiger partial charge < -0.3 is 14.7 Å². The van der Waals surface area contributed by atoms with Crippen LogP contribution in [-0.4, -0.2) is 92.5 Å². The van der Waals surface area contributed by atoms with Gasteiger partial charge in [0.05, 0.1) is 12.0 Å². The minimum Gasteiger partial charge on any atom is -0.481 e. The number of aliphatic carboxylic acids is 1. The first-order valence-electron chi connectivity index (χ1n) is 8.55. The maximum absolute atomic E-state index is 13.0. The van der Waals surface area contributed by atoms with E-state index in [4.69, 9.17) is 9.84 Å². The SMILES string of the molecule is CN(C)CCN(CC1CCCO1)S(=O)(=O)N1CCC(C(=O)O)CC1. The summed E-state index contributed by atoms with van der Waals surface area (Å²) in [6.45, 7) is 2.64. The molecule has 2 fully saturated rings. The molecule has 0 aromatic rings. The Kier molecular flexibility index (Phi) is 6.99. The number of piperidine rings is 1. The van der Waals surface area contributed by atoms with Gasteiger partial charge in [0.1, 0.15) is 0 Å². The lowest BCUT2D eigenvalue weighted by Gasteiger charge is -2.35. The second-order valence-electron chi connectivity index (χ2n) is 6.82. The zero-order valence-corrected chi connectivity index (χ0v) is 15.4. The number of rotatable bonds is 8. The molecule has 0 saturated carbocycles. The molecule has 9 heteroatoms. The summed E-state index contributed by atoms with van der Waals surface area (Å²) in [7, 11) is 0.235. The maximum atomic E-state index is 13.0. The highest BCUT2D eigenvalue weighted by molar-refractivity contribution is 7.86. The Hall–Kier alpha value is -0.740. The van der Waals surface area contributed by atoms with Gasteiger partial charge in [0.25, 0.3) is 10.2 Å². The molecule has 1 unspecified atom stereocenters. The molecule has 0 spiro atoms. The molecule has 2 rings (SSSR count). The number of carbonyl (C=O) groups is 1. The number of likely N-dealkylation sites (N-methyl/N-ethyl adjacent to an activating group) is 1. The highest BCUT2D eigenvalue weighted by Gasteiger charge is 2.36. The fraction of sp³-hybridized carbons (Fsp3) is 0.933. The lowest BCUT2D eigenvalue weighted by molar-refractivity contribution is -0.142. The Morgan fingerprint density at radius 2 is 1.88 bits per heavy atom. The van der Waals surface area contributed by atoms with Crippen LogP contribution in [0.25, 0.3) is 0 Å². The Balaban J connectivity index is 2.03. The van der Waals surface area contributed by atoms with Crippen LogP contribution in [0.2, 0.25) is 0 Å². The summed E-state index contributed by atoms with van der Waals surface area (Å²) in [4.78, 5) is 13.0. The number of hydrogen-bond acceptors (Lipinski definition) is 5. The molecule has 2 aliphatic heterocycles. The maximum Gasteiger partial charge on any atom is 0.306 e. The topological polar surface area (TPSA) is 90.4 Å². The van der Waals surface area contributed by atoms with Gasteiger partial charge in [-0.25, -0.2) is 0 Å². The molecule has 140 valence electrons. The van der Waals surface area contributed by atoms with Gasteiger partial charge in [-0.1, -0.05) is 0 Å². The van der Waals surface area contributed by atoms with Crippen molar-refractivity contribution in [2.24, 2.45) is 5.92 Å². The van der Waals surface area contributed by atoms with Crippen LogP contribution in [0.3, 0.4) is 0 Å². The second kappa shape index (κ2) is 8.57. The van der Waals surface area contributed by atoms with Gasteiger partial charge in [-0.15, -0.1) is 0 Å². The Bertz CT molecular complexity index is 511. The molecule has 2 saturated heterocycles. The summed E-state index contributed by atoms with van der Waals surface area (Å²) in [6, 6.07) is 0. The first kappa shape index (κ1) is 19.6. The van der Waals surface area contributed by atoms with Crippen LogP contribution in [0.15, 0.2) is 0 Å². The van der Waals surface area contributed by atoms with Gasteiger partial charge in [0.2, 0.25) is 0 Å². The van der Waals surface area contributed by atoms with Crippen molar-refractivity contribution < 1.29 is 23.1 Å². The zero-order valence-electron chi connectivity index (χ0n) is 14.6. The number of nitrogens with zero attached hydrogens (tertiary/aromatic N) is 3. The molecule has 1 atom stereocenters. The Morgan fingerprint density at radius 3 is 2.38 bits per heavy atom. The molecule has 0 aromatic carbocycles. The predicted octanol–water partition coefficient (Wildman–Crippen LogP) is 0.0704. The Labute approximate surface area is 144 Å². The molecule has 2 heterocycles. The van der Waals surface area contributed by atoms with Crippen LogP contribution < -0.4 is 0 Å². The van der Waals surface area contributed by atoms with Gasteiger partial charge in [-0.3, -0.25) is 4.79 Å². The van der Waals surface area contributed by atoms with E-state index in [0.29, 0.717) is 39.1 Å². The van der Waals surface area contributed by atoms with Crippen molar-refractivity contribution in [3.63, 3.8) is 0 Å². The molecule has 0 aromatic heterocycles. The lowest BCUT2D eigenvalue weighted by atomic mass is 9.99. The van der Waals surface area contributed by atoms with E-state index in [0.717, 1.165) is 12.8 Å². The fourth-order valence-corrected chi connectivity index (χ4v) is 4.79. The summed E-state index contributed by atoms with van der Waals surface area (Å²) in [5.41, 5.74) is 0. The van der Waals surface area contributed by atoms with E-state index < -0.39 is 22.1 Å². The fourth-order valence-electron chi connectivity index (χ4n) is 3.12. The minimum atomic E-state index is -3.59. The largest absolute Gasteiger partial charge is 0.481 e. The molecular formula is C15H29N3O5S. The van der Waals surface area contributed by atoms with E-state index in [1.807, 2.05) is 19.0 Å². The van der Waals surface area contributed by atoms with E-state index in [2.05, 4.69) is 0 Å². The standard InChI is InChI=1S/C15H29N3O5S/c1-16(2)9-10-18(12-14-4-3-11-23-14)24(21,22)17-7-5-13(6-8-17)15(19)20/h13-14H,3-12H2,1-2H3,(H,19,20). The molecule has 8 nitrogen and oxygen atoms in total. The van der Waals surface area contributed by atoms with Crippen molar-refractivity contribution >= 4 is 16.2 Å². The number of ether oxygens (including phenoxy) is 1. The van der Waals surface area contributed by atoms with E-state index >= 15 is 0 Å². The quantitative estimate of drug-likeness (QED) is 0.656. The number of carboxylic acid groups (broad SMARTS) is 1. The molecule has 0 radical (unpaired) electrons. The van der Waals surface area contributed by atoms with E-state index in [-0.39, 0.29) is 19.2 Å². The molecule has 0 bridgehead atoms. The molecular weight excluding hydrogens is 334 g/mol. The van der Waals surface area contributed by atoms with Crippen molar-refractivity contribution in [3.05, 3.63) is 0 Å². The molecule has 24 heavy (non-hydrogen) atoms. The van der Waals surface area contributed by atoms with Crippen LogP contribution in [0.1, 0.15) is 25.7 Å². The number of hydrogen-bond donors (Lipinski definition) is 1. The average Bonchev–Trinajstić information content (AvgIpc) is 3.04. The van der Waals surface area contributed by atoms with E-state index in [9.17, 15) is 13.2 Å². The summed E-state index contributed by atoms with van der Waals surface area (Å²) >= 11 is 0. The van der Waals surface area contributed by atoms with E-state index in [1.165, 1.54) is 8.61 Å². The average molecular weight is 363 g/mol. The van der Waals surface area contributed by atoms with Crippen molar-refractivity contribution in [1.82, 2.24) is 13.5 Å².